The van der Waals surface area contributed by atoms with Crippen molar-refractivity contribution in [2.75, 3.05) is 13.7 Å². The number of hydrogen-bond donors (Lipinski definition) is 0. The van der Waals surface area contributed by atoms with Gasteiger partial charge in [-0.2, -0.15) is 0 Å². The van der Waals surface area contributed by atoms with E-state index in [0.29, 0.717) is 13.0 Å². The standard InChI is InChI=1S/C12H20N4O4/c1-12(2,3)20-11(18)16-6-5-8(14-15-13)7-9(16)10(17)19-4/h8-9H,5-7H2,1-4H3/t8-,9+/m0/s1. The van der Waals surface area contributed by atoms with Gasteiger partial charge in [0.15, 0.2) is 0 Å². The van der Waals surface area contributed by atoms with Crippen LogP contribution in [0.15, 0.2) is 5.11 Å². The summed E-state index contributed by atoms with van der Waals surface area (Å²) in [6.45, 7) is 5.55. The van der Waals surface area contributed by atoms with E-state index in [1.807, 2.05) is 0 Å². The first-order valence-electron chi connectivity index (χ1n) is 6.40. The summed E-state index contributed by atoms with van der Waals surface area (Å²) in [5, 5.41) is 3.61. The number of hydrogen-bond acceptors (Lipinski definition) is 5. The van der Waals surface area contributed by atoms with E-state index in [1.54, 1.807) is 20.8 Å². The molecule has 1 amide bonds. The molecule has 8 nitrogen and oxygen atoms in total. The maximum atomic E-state index is 12.1. The largest absolute Gasteiger partial charge is 0.467 e. The molecular weight excluding hydrogens is 264 g/mol. The predicted molar refractivity (Wildman–Crippen MR) is 70.9 cm³/mol. The van der Waals surface area contributed by atoms with E-state index >= 15 is 0 Å². The van der Waals surface area contributed by atoms with E-state index in [-0.39, 0.29) is 12.5 Å². The van der Waals surface area contributed by atoms with Crippen molar-refractivity contribution in [3.8, 4) is 0 Å². The van der Waals surface area contributed by atoms with Gasteiger partial charge in [0.25, 0.3) is 0 Å². The van der Waals surface area contributed by atoms with Crippen molar-refractivity contribution in [2.24, 2.45) is 5.11 Å². The molecule has 0 N–H and O–H groups in total. The molecular formula is C12H20N4O4. The van der Waals surface area contributed by atoms with Crippen molar-refractivity contribution in [2.45, 2.75) is 51.3 Å². The topological polar surface area (TPSA) is 105 Å². The molecule has 0 radical (unpaired) electrons. The number of rotatable bonds is 2. The Morgan fingerprint density at radius 3 is 2.55 bits per heavy atom. The lowest BCUT2D eigenvalue weighted by Crippen LogP contribution is -2.52. The van der Waals surface area contributed by atoms with Crippen molar-refractivity contribution >= 4 is 12.1 Å². The molecule has 20 heavy (non-hydrogen) atoms. The predicted octanol–water partition coefficient (Wildman–Crippen LogP) is 2.24. The fourth-order valence-corrected chi connectivity index (χ4v) is 2.02. The average Bonchev–Trinajstić information content (AvgIpc) is 2.36. The van der Waals surface area contributed by atoms with Crippen LogP contribution in [-0.4, -0.2) is 48.3 Å². The Hall–Kier alpha value is -1.95. The van der Waals surface area contributed by atoms with E-state index < -0.39 is 23.7 Å². The number of azide groups is 1. The van der Waals surface area contributed by atoms with Crippen molar-refractivity contribution in [1.29, 1.82) is 0 Å². The third-order valence-electron chi connectivity index (χ3n) is 2.89. The van der Waals surface area contributed by atoms with Gasteiger partial charge in [0.05, 0.1) is 7.11 Å². The molecule has 112 valence electrons. The summed E-state index contributed by atoms with van der Waals surface area (Å²) in [4.78, 5) is 28.0. The normalized spacial score (nSPS) is 22.7. The zero-order chi connectivity index (χ0) is 15.3. The van der Waals surface area contributed by atoms with Crippen molar-refractivity contribution in [1.82, 2.24) is 4.90 Å². The second-order valence-electron chi connectivity index (χ2n) is 5.60. The number of ether oxygens (including phenoxy) is 2. The quantitative estimate of drug-likeness (QED) is 0.335. The van der Waals surface area contributed by atoms with Gasteiger partial charge in [0.1, 0.15) is 11.6 Å². The maximum Gasteiger partial charge on any atom is 0.411 e. The van der Waals surface area contributed by atoms with Gasteiger partial charge in [-0.25, -0.2) is 9.59 Å². The molecule has 1 rings (SSSR count). The van der Waals surface area contributed by atoms with Gasteiger partial charge < -0.3 is 9.47 Å². The Bertz CT molecular complexity index is 426. The molecule has 0 aromatic carbocycles. The lowest BCUT2D eigenvalue weighted by Gasteiger charge is -2.37. The number of piperidine rings is 1. The van der Waals surface area contributed by atoms with Crippen molar-refractivity contribution in [3.63, 3.8) is 0 Å². The number of esters is 1. The highest BCUT2D eigenvalue weighted by atomic mass is 16.6. The van der Waals surface area contributed by atoms with E-state index in [0.717, 1.165) is 0 Å². The van der Waals surface area contributed by atoms with Crippen LogP contribution in [0.2, 0.25) is 0 Å². The summed E-state index contributed by atoms with van der Waals surface area (Å²) < 4.78 is 9.98. The summed E-state index contributed by atoms with van der Waals surface area (Å²) in [6.07, 6.45) is 0.180. The van der Waals surface area contributed by atoms with Gasteiger partial charge in [-0.05, 0) is 39.1 Å². The SMILES string of the molecule is COC(=O)[C@H]1C[C@@H](N=[N+]=[N-])CCN1C(=O)OC(C)(C)C. The molecule has 1 heterocycles. The van der Waals surface area contributed by atoms with Crippen LogP contribution >= 0.6 is 0 Å². The summed E-state index contributed by atoms with van der Waals surface area (Å²) >= 11 is 0. The minimum absolute atomic E-state index is 0.246. The van der Waals surface area contributed by atoms with E-state index in [2.05, 4.69) is 10.0 Å². The first kappa shape index (κ1) is 16.1. The molecule has 2 atom stereocenters. The zero-order valence-corrected chi connectivity index (χ0v) is 12.2. The fraction of sp³-hybridized carbons (Fsp3) is 0.833. The molecule has 0 aromatic rings. The first-order chi connectivity index (χ1) is 9.28. The van der Waals surface area contributed by atoms with Crippen LogP contribution in [0.1, 0.15) is 33.6 Å². The molecule has 0 unspecified atom stereocenters. The number of amides is 1. The number of nitrogens with zero attached hydrogens (tertiary/aromatic N) is 4. The van der Waals surface area contributed by atoms with Gasteiger partial charge in [0.2, 0.25) is 0 Å². The molecule has 1 aliphatic heterocycles. The Kier molecular flexibility index (Phi) is 5.21. The minimum atomic E-state index is -0.779. The Balaban J connectivity index is 2.85. The number of likely N-dealkylation sites (tertiary alicyclic amines) is 1. The van der Waals surface area contributed by atoms with E-state index in [1.165, 1.54) is 12.0 Å². The van der Waals surface area contributed by atoms with Gasteiger partial charge in [-0.1, -0.05) is 5.11 Å². The summed E-state index contributed by atoms with van der Waals surface area (Å²) in [5.41, 5.74) is 7.83. The van der Waals surface area contributed by atoms with Gasteiger partial charge in [-0.3, -0.25) is 4.90 Å². The maximum absolute atomic E-state index is 12.1. The molecule has 0 aromatic heterocycles. The highest BCUT2D eigenvalue weighted by Gasteiger charge is 2.38. The van der Waals surface area contributed by atoms with Crippen LogP contribution in [0.5, 0.6) is 0 Å². The third kappa shape index (κ3) is 4.31. The first-order valence-corrected chi connectivity index (χ1v) is 6.40. The monoisotopic (exact) mass is 284 g/mol. The number of carbonyl (C=O) groups is 2. The Labute approximate surface area is 117 Å². The molecule has 1 fully saturated rings. The van der Waals surface area contributed by atoms with Gasteiger partial charge in [-0.15, -0.1) is 0 Å². The van der Waals surface area contributed by atoms with E-state index in [9.17, 15) is 9.59 Å². The van der Waals surface area contributed by atoms with Crippen LogP contribution in [0, 0.1) is 0 Å². The molecule has 0 spiro atoms. The van der Waals surface area contributed by atoms with Crippen LogP contribution in [0.3, 0.4) is 0 Å². The number of carbonyl (C=O) groups excluding carboxylic acids is 2. The third-order valence-corrected chi connectivity index (χ3v) is 2.89. The molecule has 0 aliphatic carbocycles. The van der Waals surface area contributed by atoms with Crippen LogP contribution in [-0.2, 0) is 14.3 Å². The molecule has 8 heteroatoms. The van der Waals surface area contributed by atoms with Crippen LogP contribution in [0.4, 0.5) is 4.79 Å². The molecule has 0 bridgehead atoms. The van der Waals surface area contributed by atoms with Gasteiger partial charge >= 0.3 is 12.1 Å². The highest BCUT2D eigenvalue weighted by molar-refractivity contribution is 5.81. The Morgan fingerprint density at radius 1 is 1.40 bits per heavy atom. The highest BCUT2D eigenvalue weighted by Crippen LogP contribution is 2.23. The smallest absolute Gasteiger partial charge is 0.411 e. The summed E-state index contributed by atoms with van der Waals surface area (Å²) in [7, 11) is 1.26. The lowest BCUT2D eigenvalue weighted by atomic mass is 9.98. The molecule has 1 saturated heterocycles. The molecule has 0 saturated carbocycles. The van der Waals surface area contributed by atoms with Crippen LogP contribution in [0.25, 0.3) is 10.4 Å². The lowest BCUT2D eigenvalue weighted by molar-refractivity contribution is -0.148. The number of methoxy groups -OCH3 is 1. The minimum Gasteiger partial charge on any atom is -0.467 e. The van der Waals surface area contributed by atoms with Crippen molar-refractivity contribution < 1.29 is 19.1 Å². The van der Waals surface area contributed by atoms with Crippen LogP contribution < -0.4 is 0 Å². The Morgan fingerprint density at radius 2 is 2.05 bits per heavy atom. The molecule has 1 aliphatic rings. The zero-order valence-electron chi connectivity index (χ0n) is 12.2. The second-order valence-corrected chi connectivity index (χ2v) is 5.60. The van der Waals surface area contributed by atoms with Gasteiger partial charge in [0, 0.05) is 17.5 Å². The average molecular weight is 284 g/mol. The fourth-order valence-electron chi connectivity index (χ4n) is 2.02. The second kappa shape index (κ2) is 6.47. The van der Waals surface area contributed by atoms with E-state index in [4.69, 9.17) is 15.0 Å². The summed E-state index contributed by atoms with van der Waals surface area (Å²) in [5.74, 6) is -0.534. The summed E-state index contributed by atoms with van der Waals surface area (Å²) in [6, 6.07) is -1.10. The van der Waals surface area contributed by atoms with Crippen molar-refractivity contribution in [3.05, 3.63) is 10.4 Å².